The first-order valence-corrected chi connectivity index (χ1v) is 8.91. The molecule has 5 heteroatoms. The van der Waals surface area contributed by atoms with Crippen molar-refractivity contribution in [3.63, 3.8) is 0 Å². The first kappa shape index (κ1) is 19.6. The first-order chi connectivity index (χ1) is 10.7. The molecule has 0 aromatic rings. The van der Waals surface area contributed by atoms with Crippen molar-refractivity contribution >= 4 is 5.78 Å². The Balaban J connectivity index is 2.04. The highest BCUT2D eigenvalue weighted by Gasteiger charge is 2.20. The normalized spacial score (nSPS) is 18.5. The largest absolute Gasteiger partial charge is 0.394 e. The molecule has 1 rings (SSSR count). The molecule has 1 atom stereocenters. The molecule has 1 aliphatic rings. The summed E-state index contributed by atoms with van der Waals surface area (Å²) in [5.41, 5.74) is 0. The summed E-state index contributed by atoms with van der Waals surface area (Å²) in [7, 11) is 0. The van der Waals surface area contributed by atoms with E-state index in [1.165, 1.54) is 32.1 Å². The monoisotopic (exact) mass is 314 g/mol. The predicted octanol–water partition coefficient (Wildman–Crippen LogP) is 1.28. The van der Waals surface area contributed by atoms with E-state index in [0.29, 0.717) is 18.9 Å². The molecule has 0 radical (unpaired) electrons. The smallest absolute Gasteiger partial charge is 0.146 e. The Morgan fingerprint density at radius 3 is 2.23 bits per heavy atom. The van der Waals surface area contributed by atoms with E-state index < -0.39 is 6.10 Å². The van der Waals surface area contributed by atoms with Gasteiger partial charge in [-0.2, -0.15) is 0 Å². The maximum absolute atomic E-state index is 12.0. The average Bonchev–Trinajstić information content (AvgIpc) is 2.52. The van der Waals surface area contributed by atoms with E-state index in [4.69, 9.17) is 5.11 Å². The second-order valence-electron chi connectivity index (χ2n) is 6.47. The quantitative estimate of drug-likeness (QED) is 0.531. The highest BCUT2D eigenvalue weighted by Crippen LogP contribution is 2.08. The summed E-state index contributed by atoms with van der Waals surface area (Å²) in [6, 6.07) is 0. The lowest BCUT2D eigenvalue weighted by molar-refractivity contribution is -0.120. The Bertz CT molecular complexity index is 292. The Morgan fingerprint density at radius 2 is 1.59 bits per heavy atom. The van der Waals surface area contributed by atoms with Crippen molar-refractivity contribution in [3.05, 3.63) is 0 Å². The van der Waals surface area contributed by atoms with Crippen LogP contribution < -0.4 is 0 Å². The van der Waals surface area contributed by atoms with Crippen LogP contribution in [0, 0.1) is 0 Å². The van der Waals surface area contributed by atoms with E-state index in [1.54, 1.807) is 0 Å². The molecule has 0 aromatic heterocycles. The fraction of sp³-hybridized carbons (Fsp3) is 0.941. The number of hydrogen-bond donors (Lipinski definition) is 2. The molecule has 0 aliphatic carbocycles. The van der Waals surface area contributed by atoms with Gasteiger partial charge in [0.2, 0.25) is 0 Å². The number of rotatable bonds is 12. The van der Waals surface area contributed by atoms with Gasteiger partial charge in [-0.05, 0) is 6.42 Å². The number of aliphatic hydroxyl groups is 2. The number of carbonyl (C=O) groups is 1. The number of Topliss-reactive ketones (excluding diaryl/α,β-unsaturated/α-hetero) is 1. The third-order valence-electron chi connectivity index (χ3n) is 4.35. The van der Waals surface area contributed by atoms with Crippen LogP contribution in [0.5, 0.6) is 0 Å². The minimum absolute atomic E-state index is 0.184. The zero-order valence-corrected chi connectivity index (χ0v) is 14.2. The molecule has 130 valence electrons. The molecule has 22 heavy (non-hydrogen) atoms. The number of hydrogen-bond acceptors (Lipinski definition) is 5. The van der Waals surface area contributed by atoms with E-state index in [0.717, 1.165) is 39.0 Å². The first-order valence-electron chi connectivity index (χ1n) is 8.91. The SMILES string of the molecule is CCCCCCCCC(=O)CN1CCN(CC(O)CO)CC1. The van der Waals surface area contributed by atoms with Gasteiger partial charge < -0.3 is 10.2 Å². The summed E-state index contributed by atoms with van der Waals surface area (Å²) in [6.45, 7) is 6.61. The lowest BCUT2D eigenvalue weighted by atomic mass is 10.1. The number of piperazine rings is 1. The molecule has 0 spiro atoms. The Labute approximate surface area is 135 Å². The minimum atomic E-state index is -0.652. The topological polar surface area (TPSA) is 64.0 Å². The molecule has 0 amide bonds. The molecule has 1 unspecified atom stereocenters. The van der Waals surface area contributed by atoms with Crippen molar-refractivity contribution < 1.29 is 15.0 Å². The van der Waals surface area contributed by atoms with Crippen LogP contribution in [-0.4, -0.2) is 77.8 Å². The van der Waals surface area contributed by atoms with Crippen LogP contribution in [0.15, 0.2) is 0 Å². The van der Waals surface area contributed by atoms with Gasteiger partial charge in [0.15, 0.2) is 0 Å². The lowest BCUT2D eigenvalue weighted by Gasteiger charge is -2.35. The highest BCUT2D eigenvalue weighted by atomic mass is 16.3. The maximum atomic E-state index is 12.0. The zero-order chi connectivity index (χ0) is 16.2. The van der Waals surface area contributed by atoms with Crippen LogP contribution in [0.3, 0.4) is 0 Å². The molecule has 1 aliphatic heterocycles. The van der Waals surface area contributed by atoms with Gasteiger partial charge in [0, 0.05) is 39.1 Å². The van der Waals surface area contributed by atoms with Gasteiger partial charge in [-0.15, -0.1) is 0 Å². The fourth-order valence-corrected chi connectivity index (χ4v) is 2.92. The number of nitrogens with zero attached hydrogens (tertiary/aromatic N) is 2. The number of carbonyl (C=O) groups excluding carboxylic acids is 1. The van der Waals surface area contributed by atoms with Crippen molar-refractivity contribution in [1.29, 1.82) is 0 Å². The number of ketones is 1. The maximum Gasteiger partial charge on any atom is 0.146 e. The van der Waals surface area contributed by atoms with E-state index in [2.05, 4.69) is 16.7 Å². The van der Waals surface area contributed by atoms with Gasteiger partial charge in [0.1, 0.15) is 5.78 Å². The number of β-amino-alcohol motifs (C(OH)–C–C–N with tert-alkyl or cyclic N) is 1. The van der Waals surface area contributed by atoms with Crippen LogP contribution in [0.4, 0.5) is 0 Å². The summed E-state index contributed by atoms with van der Waals surface area (Å²) >= 11 is 0. The summed E-state index contributed by atoms with van der Waals surface area (Å²) in [4.78, 5) is 16.3. The van der Waals surface area contributed by atoms with Gasteiger partial charge in [0.25, 0.3) is 0 Å². The second-order valence-corrected chi connectivity index (χ2v) is 6.47. The second kappa shape index (κ2) is 12.0. The summed E-state index contributed by atoms with van der Waals surface area (Å²) in [6.07, 6.45) is 7.41. The third-order valence-corrected chi connectivity index (χ3v) is 4.35. The van der Waals surface area contributed by atoms with Crippen LogP contribution >= 0.6 is 0 Å². The van der Waals surface area contributed by atoms with Crippen LogP contribution in [0.25, 0.3) is 0 Å². The number of unbranched alkanes of at least 4 members (excludes halogenated alkanes) is 5. The Kier molecular flexibility index (Phi) is 10.7. The van der Waals surface area contributed by atoms with E-state index in [9.17, 15) is 9.90 Å². The number of aliphatic hydroxyl groups excluding tert-OH is 2. The minimum Gasteiger partial charge on any atom is -0.394 e. The Morgan fingerprint density at radius 1 is 1.00 bits per heavy atom. The molecular weight excluding hydrogens is 280 g/mol. The van der Waals surface area contributed by atoms with Crippen LogP contribution in [0.1, 0.15) is 51.9 Å². The third kappa shape index (κ3) is 8.83. The van der Waals surface area contributed by atoms with Gasteiger partial charge in [0.05, 0.1) is 19.3 Å². The molecule has 0 saturated carbocycles. The Hall–Kier alpha value is -0.490. The fourth-order valence-electron chi connectivity index (χ4n) is 2.92. The van der Waals surface area contributed by atoms with Gasteiger partial charge in [-0.25, -0.2) is 0 Å². The van der Waals surface area contributed by atoms with Crippen LogP contribution in [0.2, 0.25) is 0 Å². The molecule has 1 saturated heterocycles. The van der Waals surface area contributed by atoms with Crippen molar-refractivity contribution in [3.8, 4) is 0 Å². The molecular formula is C17H34N2O3. The van der Waals surface area contributed by atoms with Crippen molar-refractivity contribution in [2.75, 3.05) is 45.9 Å². The van der Waals surface area contributed by atoms with Gasteiger partial charge in [-0.3, -0.25) is 14.6 Å². The van der Waals surface area contributed by atoms with Gasteiger partial charge in [-0.1, -0.05) is 39.0 Å². The van der Waals surface area contributed by atoms with E-state index >= 15 is 0 Å². The summed E-state index contributed by atoms with van der Waals surface area (Å²) in [5.74, 6) is 0.360. The standard InChI is InChI=1S/C17H34N2O3/c1-2-3-4-5-6-7-8-16(21)13-18-9-11-19(12-10-18)14-17(22)15-20/h17,20,22H,2-15H2,1H3. The average molecular weight is 314 g/mol. The van der Waals surface area contributed by atoms with Crippen molar-refractivity contribution in [2.24, 2.45) is 0 Å². The predicted molar refractivity (Wildman–Crippen MR) is 89.0 cm³/mol. The molecule has 1 fully saturated rings. The molecule has 0 bridgehead atoms. The van der Waals surface area contributed by atoms with Gasteiger partial charge >= 0.3 is 0 Å². The van der Waals surface area contributed by atoms with E-state index in [1.807, 2.05) is 0 Å². The summed E-state index contributed by atoms with van der Waals surface area (Å²) in [5, 5.41) is 18.3. The van der Waals surface area contributed by atoms with Crippen molar-refractivity contribution in [2.45, 2.75) is 58.0 Å². The van der Waals surface area contributed by atoms with E-state index in [-0.39, 0.29) is 6.61 Å². The molecule has 1 heterocycles. The van der Waals surface area contributed by atoms with Crippen molar-refractivity contribution in [1.82, 2.24) is 9.80 Å². The molecule has 5 nitrogen and oxygen atoms in total. The molecule has 2 N–H and O–H groups in total. The zero-order valence-electron chi connectivity index (χ0n) is 14.2. The molecule has 0 aromatic carbocycles. The highest BCUT2D eigenvalue weighted by molar-refractivity contribution is 5.80. The summed E-state index contributed by atoms with van der Waals surface area (Å²) < 4.78 is 0. The van der Waals surface area contributed by atoms with Crippen LogP contribution in [-0.2, 0) is 4.79 Å². The lowest BCUT2D eigenvalue weighted by Crippen LogP contribution is -2.50.